The number of rotatable bonds is 6. The smallest absolute Gasteiger partial charge is 0.274 e. The number of nitro benzene ring substituents is 1. The van der Waals surface area contributed by atoms with Gasteiger partial charge in [-0.25, -0.2) is 17.2 Å². The molecule has 166 valence electrons. The van der Waals surface area contributed by atoms with Crippen molar-refractivity contribution in [1.82, 2.24) is 9.21 Å². The molecule has 1 aliphatic rings. The summed E-state index contributed by atoms with van der Waals surface area (Å²) in [5.74, 6) is -2.29. The predicted molar refractivity (Wildman–Crippen MR) is 108 cm³/mol. The molecule has 0 aromatic heterocycles. The molecule has 1 saturated heterocycles. The number of sulfonamides is 1. The van der Waals surface area contributed by atoms with E-state index in [1.54, 1.807) is 11.0 Å². The Labute approximate surface area is 177 Å². The van der Waals surface area contributed by atoms with Gasteiger partial charge in [0.1, 0.15) is 16.5 Å². The fraction of sp³-hybridized carbons (Fsp3) is 0.316. The normalized spacial score (nSPS) is 15.6. The molecule has 0 atom stereocenters. The largest absolute Gasteiger partial charge is 0.324 e. The maximum Gasteiger partial charge on any atom is 0.274 e. The number of hydrogen-bond donors (Lipinski definition) is 1. The van der Waals surface area contributed by atoms with Crippen LogP contribution in [0.3, 0.4) is 0 Å². The molecule has 3 rings (SSSR count). The number of nitrogens with one attached hydrogen (secondary N) is 1. The molecule has 1 amide bonds. The zero-order valence-corrected chi connectivity index (χ0v) is 17.4. The Hall–Kier alpha value is -2.96. The second-order valence-electron chi connectivity index (χ2n) is 7.01. The minimum absolute atomic E-state index is 0.00139. The summed E-state index contributed by atoms with van der Waals surface area (Å²) in [7, 11) is -4.21. The Morgan fingerprint density at radius 1 is 1.16 bits per heavy atom. The van der Waals surface area contributed by atoms with Gasteiger partial charge in [0.2, 0.25) is 15.9 Å². The van der Waals surface area contributed by atoms with Crippen LogP contribution in [0.2, 0.25) is 0 Å². The van der Waals surface area contributed by atoms with Gasteiger partial charge in [-0.05, 0) is 31.2 Å². The third-order valence-electron chi connectivity index (χ3n) is 4.99. The molecule has 1 N–H and O–H groups in total. The van der Waals surface area contributed by atoms with Gasteiger partial charge in [0.15, 0.2) is 0 Å². The quantitative estimate of drug-likeness (QED) is 0.529. The fourth-order valence-corrected chi connectivity index (χ4v) is 4.79. The van der Waals surface area contributed by atoms with Crippen LogP contribution < -0.4 is 5.32 Å². The molecular formula is C19H20F2N4O5S. The number of piperazine rings is 1. The van der Waals surface area contributed by atoms with E-state index in [2.05, 4.69) is 5.32 Å². The first-order valence-corrected chi connectivity index (χ1v) is 10.7. The number of benzene rings is 2. The maximum absolute atomic E-state index is 13.9. The summed E-state index contributed by atoms with van der Waals surface area (Å²) in [5, 5.41) is 13.6. The van der Waals surface area contributed by atoms with Crippen LogP contribution in [0.15, 0.2) is 41.3 Å². The van der Waals surface area contributed by atoms with Gasteiger partial charge in [-0.15, -0.1) is 0 Å². The van der Waals surface area contributed by atoms with Crippen LogP contribution in [0, 0.1) is 28.7 Å². The van der Waals surface area contributed by atoms with Crippen molar-refractivity contribution in [3.63, 3.8) is 0 Å². The van der Waals surface area contributed by atoms with Crippen molar-refractivity contribution < 1.29 is 26.9 Å². The lowest BCUT2D eigenvalue weighted by Gasteiger charge is -2.33. The molecule has 0 radical (unpaired) electrons. The second-order valence-corrected chi connectivity index (χ2v) is 8.92. The number of nitrogens with zero attached hydrogens (tertiary/aromatic N) is 3. The van der Waals surface area contributed by atoms with E-state index in [1.807, 2.05) is 0 Å². The zero-order valence-electron chi connectivity index (χ0n) is 16.5. The molecular weight excluding hydrogens is 434 g/mol. The number of amides is 1. The summed E-state index contributed by atoms with van der Waals surface area (Å²) < 4.78 is 53.6. The summed E-state index contributed by atoms with van der Waals surface area (Å²) >= 11 is 0. The van der Waals surface area contributed by atoms with Crippen molar-refractivity contribution in [2.24, 2.45) is 0 Å². The van der Waals surface area contributed by atoms with Crippen LogP contribution in [0.25, 0.3) is 0 Å². The number of nitro groups is 1. The molecule has 1 aliphatic heterocycles. The number of halogens is 2. The Balaban J connectivity index is 1.60. The highest BCUT2D eigenvalue weighted by Crippen LogP contribution is 2.25. The summed E-state index contributed by atoms with van der Waals surface area (Å²) in [4.78, 5) is 23.8. The summed E-state index contributed by atoms with van der Waals surface area (Å²) in [6, 6.07) is 6.61. The lowest BCUT2D eigenvalue weighted by atomic mass is 10.1. The molecule has 31 heavy (non-hydrogen) atoms. The molecule has 1 fully saturated rings. The van der Waals surface area contributed by atoms with Crippen molar-refractivity contribution >= 4 is 27.3 Å². The van der Waals surface area contributed by atoms with Crippen LogP contribution >= 0.6 is 0 Å². The Kier molecular flexibility index (Phi) is 6.62. The predicted octanol–water partition coefficient (Wildman–Crippen LogP) is 2.13. The topological polar surface area (TPSA) is 113 Å². The molecule has 9 nitrogen and oxygen atoms in total. The SMILES string of the molecule is Cc1c(NC(=O)CN2CCN(S(=O)(=O)c3cc(F)ccc3F)CC2)cccc1[N+](=O)[O-]. The summed E-state index contributed by atoms with van der Waals surface area (Å²) in [5.41, 5.74) is 0.539. The van der Waals surface area contributed by atoms with Gasteiger partial charge < -0.3 is 5.32 Å². The van der Waals surface area contributed by atoms with Crippen molar-refractivity contribution in [3.05, 3.63) is 63.7 Å². The molecule has 0 saturated carbocycles. The standard InChI is InChI=1S/C19H20F2N4O5S/c1-13-16(3-2-4-17(13)25(27)28)22-19(26)12-23-7-9-24(10-8-23)31(29,30)18-11-14(20)5-6-15(18)21/h2-6,11H,7-10,12H2,1H3,(H,22,26). The van der Waals surface area contributed by atoms with Gasteiger partial charge in [0.05, 0.1) is 22.7 Å². The number of hydrogen-bond acceptors (Lipinski definition) is 6. The average molecular weight is 454 g/mol. The molecule has 2 aromatic rings. The van der Waals surface area contributed by atoms with E-state index < -0.39 is 37.4 Å². The van der Waals surface area contributed by atoms with Crippen LogP contribution in [-0.2, 0) is 14.8 Å². The first kappa shape index (κ1) is 22.7. The molecule has 0 unspecified atom stereocenters. The lowest BCUT2D eigenvalue weighted by molar-refractivity contribution is -0.385. The minimum Gasteiger partial charge on any atom is -0.324 e. The fourth-order valence-electron chi connectivity index (χ4n) is 3.29. The van der Waals surface area contributed by atoms with Crippen molar-refractivity contribution in [1.29, 1.82) is 0 Å². The van der Waals surface area contributed by atoms with Crippen molar-refractivity contribution in [2.75, 3.05) is 38.0 Å². The number of carbonyl (C=O) groups excluding carboxylic acids is 1. The van der Waals surface area contributed by atoms with E-state index in [0.29, 0.717) is 17.3 Å². The third kappa shape index (κ3) is 5.03. The average Bonchev–Trinajstić information content (AvgIpc) is 2.71. The first-order chi connectivity index (χ1) is 14.6. The molecule has 0 aliphatic carbocycles. The highest BCUT2D eigenvalue weighted by molar-refractivity contribution is 7.89. The van der Waals surface area contributed by atoms with E-state index in [1.165, 1.54) is 19.1 Å². The van der Waals surface area contributed by atoms with Crippen LogP contribution in [-0.4, -0.2) is 61.2 Å². The monoisotopic (exact) mass is 454 g/mol. The van der Waals surface area contributed by atoms with E-state index in [4.69, 9.17) is 0 Å². The summed E-state index contributed by atoms with van der Waals surface area (Å²) in [6.45, 7) is 1.89. The Bertz CT molecular complexity index is 1120. The highest BCUT2D eigenvalue weighted by Gasteiger charge is 2.31. The third-order valence-corrected chi connectivity index (χ3v) is 6.90. The van der Waals surface area contributed by atoms with Gasteiger partial charge in [-0.1, -0.05) is 6.07 Å². The second kappa shape index (κ2) is 9.04. The first-order valence-electron chi connectivity index (χ1n) is 9.31. The molecule has 0 spiro atoms. The van der Waals surface area contributed by atoms with Gasteiger partial charge in [0, 0.05) is 32.2 Å². The Morgan fingerprint density at radius 3 is 2.48 bits per heavy atom. The zero-order chi connectivity index (χ0) is 22.8. The molecule has 12 heteroatoms. The van der Waals surface area contributed by atoms with Crippen LogP contribution in [0.4, 0.5) is 20.2 Å². The molecule has 2 aromatic carbocycles. The maximum atomic E-state index is 13.9. The van der Waals surface area contributed by atoms with Crippen molar-refractivity contribution in [2.45, 2.75) is 11.8 Å². The van der Waals surface area contributed by atoms with E-state index in [9.17, 15) is 32.1 Å². The van der Waals surface area contributed by atoms with Crippen LogP contribution in [0.5, 0.6) is 0 Å². The molecule has 0 bridgehead atoms. The molecule has 1 heterocycles. The number of anilines is 1. The van der Waals surface area contributed by atoms with E-state index >= 15 is 0 Å². The lowest BCUT2D eigenvalue weighted by Crippen LogP contribution is -2.50. The van der Waals surface area contributed by atoms with Gasteiger partial charge in [-0.3, -0.25) is 19.8 Å². The summed E-state index contributed by atoms with van der Waals surface area (Å²) in [6.07, 6.45) is 0. The van der Waals surface area contributed by atoms with Gasteiger partial charge >= 0.3 is 0 Å². The minimum atomic E-state index is -4.21. The van der Waals surface area contributed by atoms with Gasteiger partial charge in [0.25, 0.3) is 5.69 Å². The Morgan fingerprint density at radius 2 is 1.84 bits per heavy atom. The van der Waals surface area contributed by atoms with E-state index in [-0.39, 0.29) is 38.4 Å². The van der Waals surface area contributed by atoms with E-state index in [0.717, 1.165) is 16.4 Å². The van der Waals surface area contributed by atoms with Crippen molar-refractivity contribution in [3.8, 4) is 0 Å². The van der Waals surface area contributed by atoms with Gasteiger partial charge in [-0.2, -0.15) is 4.31 Å². The van der Waals surface area contributed by atoms with Crippen LogP contribution in [0.1, 0.15) is 5.56 Å². The highest BCUT2D eigenvalue weighted by atomic mass is 32.2. The number of carbonyl (C=O) groups is 1.